The first-order valence-corrected chi connectivity index (χ1v) is 13.3. The van der Waals surface area contributed by atoms with Crippen LogP contribution in [-0.4, -0.2) is 36.5 Å². The number of nitrogens with two attached hydrogens (primary N) is 1. The molecule has 0 fully saturated rings. The Morgan fingerprint density at radius 1 is 0.833 bits per heavy atom. The number of fused-ring (bicyclic) bond motifs is 1. The van der Waals surface area contributed by atoms with Gasteiger partial charge in [0, 0.05) is 29.6 Å². The van der Waals surface area contributed by atoms with Gasteiger partial charge in [-0.25, -0.2) is 15.0 Å². The molecule has 0 radical (unpaired) electrons. The maximum Gasteiger partial charge on any atom is 0.307 e. The summed E-state index contributed by atoms with van der Waals surface area (Å²) in [6, 6.07) is 31.9. The van der Waals surface area contributed by atoms with Gasteiger partial charge in [0.2, 0.25) is 0 Å². The van der Waals surface area contributed by atoms with Crippen molar-refractivity contribution in [3.05, 3.63) is 126 Å². The van der Waals surface area contributed by atoms with Gasteiger partial charge in [0.25, 0.3) is 5.91 Å². The first kappa shape index (κ1) is 26.4. The molecule has 0 unspecified atom stereocenters. The van der Waals surface area contributed by atoms with Gasteiger partial charge in [-0.05, 0) is 59.7 Å². The van der Waals surface area contributed by atoms with Crippen LogP contribution >= 0.6 is 0 Å². The van der Waals surface area contributed by atoms with E-state index in [1.165, 1.54) is 0 Å². The summed E-state index contributed by atoms with van der Waals surface area (Å²) in [4.78, 5) is 37.9. The summed E-state index contributed by atoms with van der Waals surface area (Å²) in [5.41, 5.74) is 12.9. The number of rotatable bonds is 8. The van der Waals surface area contributed by atoms with Crippen molar-refractivity contribution in [2.24, 2.45) is 0 Å². The van der Waals surface area contributed by atoms with Crippen molar-refractivity contribution in [1.82, 2.24) is 24.8 Å². The van der Waals surface area contributed by atoms with E-state index in [4.69, 9.17) is 20.8 Å². The Morgan fingerprint density at radius 3 is 2.40 bits per heavy atom. The molecule has 6 aromatic rings. The maximum absolute atomic E-state index is 12.7. The van der Waals surface area contributed by atoms with E-state index in [0.717, 1.165) is 28.0 Å². The standard InChI is InChI=1S/C33H26N6O3/c34-30-26(10-5-17-35-30)31-38-28-16-15-27(23-7-2-1-3-8-23)37-32(28)39(31)25-13-11-21(12-14-25)20-36-33(42)24-9-4-6-22(18-24)19-29(40)41/h1-18H,19-20H2,(H2,34,35)(H,36,42)(H,40,41). The van der Waals surface area contributed by atoms with E-state index in [-0.39, 0.29) is 12.3 Å². The third-order valence-corrected chi connectivity index (χ3v) is 6.85. The van der Waals surface area contributed by atoms with Crippen LogP contribution < -0.4 is 11.1 Å². The van der Waals surface area contributed by atoms with Crippen LogP contribution in [0.15, 0.2) is 109 Å². The van der Waals surface area contributed by atoms with Crippen LogP contribution in [0.4, 0.5) is 5.82 Å². The summed E-state index contributed by atoms with van der Waals surface area (Å²) >= 11 is 0. The second-order valence-corrected chi connectivity index (χ2v) is 9.73. The normalized spacial score (nSPS) is 11.0. The molecule has 6 rings (SSSR count). The second kappa shape index (κ2) is 11.3. The Hall–Kier alpha value is -5.83. The SMILES string of the molecule is Nc1ncccc1-c1nc2ccc(-c3ccccc3)nc2n1-c1ccc(CNC(=O)c2cccc(CC(=O)O)c2)cc1. The molecule has 0 aliphatic carbocycles. The molecule has 4 N–H and O–H groups in total. The van der Waals surface area contributed by atoms with Crippen molar-refractivity contribution in [3.63, 3.8) is 0 Å². The molecule has 3 aromatic carbocycles. The minimum Gasteiger partial charge on any atom is -0.481 e. The smallest absolute Gasteiger partial charge is 0.307 e. The van der Waals surface area contributed by atoms with E-state index in [0.29, 0.717) is 40.5 Å². The van der Waals surface area contributed by atoms with Crippen LogP contribution in [0.3, 0.4) is 0 Å². The summed E-state index contributed by atoms with van der Waals surface area (Å²) in [5, 5.41) is 11.9. The van der Waals surface area contributed by atoms with Crippen LogP contribution in [0.5, 0.6) is 0 Å². The van der Waals surface area contributed by atoms with Crippen LogP contribution in [-0.2, 0) is 17.8 Å². The number of aliphatic carboxylic acids is 1. The van der Waals surface area contributed by atoms with Gasteiger partial charge < -0.3 is 16.2 Å². The number of nitrogen functional groups attached to an aromatic ring is 1. The van der Waals surface area contributed by atoms with Gasteiger partial charge >= 0.3 is 5.97 Å². The number of aromatic nitrogens is 4. The number of nitrogens with one attached hydrogen (secondary N) is 1. The van der Waals surface area contributed by atoms with E-state index in [1.54, 1.807) is 30.5 Å². The average Bonchev–Trinajstić information content (AvgIpc) is 3.39. The van der Waals surface area contributed by atoms with E-state index in [2.05, 4.69) is 10.3 Å². The molecule has 0 atom stereocenters. The molecule has 3 aromatic heterocycles. The Kier molecular flexibility index (Phi) is 7.13. The van der Waals surface area contributed by atoms with Gasteiger partial charge in [0.05, 0.1) is 17.7 Å². The van der Waals surface area contributed by atoms with Gasteiger partial charge in [0.1, 0.15) is 11.3 Å². The zero-order chi connectivity index (χ0) is 29.1. The van der Waals surface area contributed by atoms with Crippen LogP contribution in [0.1, 0.15) is 21.5 Å². The lowest BCUT2D eigenvalue weighted by Crippen LogP contribution is -2.23. The number of anilines is 1. The minimum absolute atomic E-state index is 0.139. The molecule has 9 heteroatoms. The van der Waals surface area contributed by atoms with Crippen molar-refractivity contribution >= 4 is 28.9 Å². The molecular formula is C33H26N6O3. The van der Waals surface area contributed by atoms with Gasteiger partial charge in [-0.3, -0.25) is 14.2 Å². The van der Waals surface area contributed by atoms with Crippen molar-refractivity contribution in [3.8, 4) is 28.3 Å². The van der Waals surface area contributed by atoms with Crippen LogP contribution in [0, 0.1) is 0 Å². The highest BCUT2D eigenvalue weighted by molar-refractivity contribution is 5.94. The zero-order valence-corrected chi connectivity index (χ0v) is 22.4. The molecule has 0 bridgehead atoms. The van der Waals surface area contributed by atoms with Crippen molar-refractivity contribution < 1.29 is 14.7 Å². The summed E-state index contributed by atoms with van der Waals surface area (Å²) in [5.74, 6) is -0.238. The number of hydrogen-bond acceptors (Lipinski definition) is 6. The van der Waals surface area contributed by atoms with Crippen molar-refractivity contribution in [1.29, 1.82) is 0 Å². The number of hydrogen-bond donors (Lipinski definition) is 3. The van der Waals surface area contributed by atoms with E-state index in [9.17, 15) is 9.59 Å². The van der Waals surface area contributed by atoms with Crippen molar-refractivity contribution in [2.45, 2.75) is 13.0 Å². The lowest BCUT2D eigenvalue weighted by Gasteiger charge is -2.12. The highest BCUT2D eigenvalue weighted by Crippen LogP contribution is 2.31. The molecule has 0 saturated heterocycles. The average molecular weight is 555 g/mol. The maximum atomic E-state index is 12.7. The molecule has 0 aliphatic rings. The highest BCUT2D eigenvalue weighted by Gasteiger charge is 2.19. The largest absolute Gasteiger partial charge is 0.481 e. The first-order valence-electron chi connectivity index (χ1n) is 13.3. The van der Waals surface area contributed by atoms with Crippen LogP contribution in [0.25, 0.3) is 39.5 Å². The number of pyridine rings is 2. The minimum atomic E-state index is -0.945. The number of carbonyl (C=O) groups is 2. The topological polar surface area (TPSA) is 136 Å². The van der Waals surface area contributed by atoms with Crippen molar-refractivity contribution in [2.75, 3.05) is 5.73 Å². The quantitative estimate of drug-likeness (QED) is 0.233. The number of carbonyl (C=O) groups excluding carboxylic acids is 1. The van der Waals surface area contributed by atoms with E-state index in [1.807, 2.05) is 83.4 Å². The number of carboxylic acids is 1. The Morgan fingerprint density at radius 2 is 1.64 bits per heavy atom. The van der Waals surface area contributed by atoms with E-state index >= 15 is 0 Å². The van der Waals surface area contributed by atoms with Gasteiger partial charge in [-0.1, -0.05) is 54.6 Å². The fourth-order valence-electron chi connectivity index (χ4n) is 4.80. The summed E-state index contributed by atoms with van der Waals surface area (Å²) in [6.07, 6.45) is 1.50. The first-order chi connectivity index (χ1) is 20.5. The monoisotopic (exact) mass is 554 g/mol. The number of carboxylic acid groups (broad SMARTS) is 1. The predicted molar refractivity (Wildman–Crippen MR) is 161 cm³/mol. The molecule has 206 valence electrons. The van der Waals surface area contributed by atoms with Gasteiger partial charge in [-0.2, -0.15) is 0 Å². The highest BCUT2D eigenvalue weighted by atomic mass is 16.4. The molecular weight excluding hydrogens is 528 g/mol. The number of benzene rings is 3. The summed E-state index contributed by atoms with van der Waals surface area (Å²) in [6.45, 7) is 0.297. The zero-order valence-electron chi connectivity index (χ0n) is 22.4. The molecule has 0 spiro atoms. The van der Waals surface area contributed by atoms with Gasteiger partial charge in [-0.15, -0.1) is 0 Å². The summed E-state index contributed by atoms with van der Waals surface area (Å²) < 4.78 is 1.96. The molecule has 1 amide bonds. The second-order valence-electron chi connectivity index (χ2n) is 9.73. The molecule has 42 heavy (non-hydrogen) atoms. The fourth-order valence-corrected chi connectivity index (χ4v) is 4.80. The molecule has 0 aliphatic heterocycles. The molecule has 0 saturated carbocycles. The third-order valence-electron chi connectivity index (χ3n) is 6.85. The predicted octanol–water partition coefficient (Wildman–Crippen LogP) is 5.29. The number of nitrogens with zero attached hydrogens (tertiary/aromatic N) is 4. The van der Waals surface area contributed by atoms with Gasteiger partial charge in [0.15, 0.2) is 11.5 Å². The van der Waals surface area contributed by atoms with Crippen LogP contribution in [0.2, 0.25) is 0 Å². The fraction of sp³-hybridized carbons (Fsp3) is 0.0606. The molecule has 9 nitrogen and oxygen atoms in total. The summed E-state index contributed by atoms with van der Waals surface area (Å²) in [7, 11) is 0. The number of imidazole rings is 1. The number of amides is 1. The molecule has 3 heterocycles. The third kappa shape index (κ3) is 5.44. The Labute approximate surface area is 241 Å². The van der Waals surface area contributed by atoms with E-state index < -0.39 is 5.97 Å². The lowest BCUT2D eigenvalue weighted by molar-refractivity contribution is -0.136. The lowest BCUT2D eigenvalue weighted by atomic mass is 10.1. The Balaban J connectivity index is 1.32. The Bertz CT molecular complexity index is 1920.